The first-order chi connectivity index (χ1) is 10.1. The van der Waals surface area contributed by atoms with Crippen LogP contribution in [0, 0.1) is 0 Å². The van der Waals surface area contributed by atoms with Crippen molar-refractivity contribution >= 4 is 5.91 Å². The van der Waals surface area contributed by atoms with E-state index < -0.39 is 6.10 Å². The Kier molecular flexibility index (Phi) is 3.99. The number of aromatic nitrogens is 2. The van der Waals surface area contributed by atoms with Gasteiger partial charge in [-0.15, -0.1) is 0 Å². The number of rotatable bonds is 3. The topological polar surface area (TPSA) is 78.5 Å². The molecule has 1 aromatic rings. The van der Waals surface area contributed by atoms with Gasteiger partial charge in [-0.25, -0.2) is 0 Å². The van der Waals surface area contributed by atoms with Crippen molar-refractivity contribution < 1.29 is 14.6 Å². The molecule has 1 aromatic heterocycles. The first kappa shape index (κ1) is 14.5. The highest BCUT2D eigenvalue weighted by Crippen LogP contribution is 2.28. The molecule has 0 bridgehead atoms. The van der Waals surface area contributed by atoms with Gasteiger partial charge in [0.15, 0.2) is 5.69 Å². The molecule has 6 heteroatoms. The van der Waals surface area contributed by atoms with Crippen molar-refractivity contribution in [1.82, 2.24) is 15.1 Å². The highest BCUT2D eigenvalue weighted by molar-refractivity contribution is 5.94. The van der Waals surface area contributed by atoms with Gasteiger partial charge in [0.25, 0.3) is 5.91 Å². The summed E-state index contributed by atoms with van der Waals surface area (Å²) in [6.07, 6.45) is 4.73. The molecule has 0 saturated heterocycles. The molecule has 0 spiro atoms. The number of fused-ring (bicyclic) bond motifs is 1. The lowest BCUT2D eigenvalue weighted by molar-refractivity contribution is -0.0715. The van der Waals surface area contributed by atoms with Gasteiger partial charge in [0.05, 0.1) is 12.1 Å². The monoisotopic (exact) mass is 293 g/mol. The van der Waals surface area contributed by atoms with E-state index in [1.165, 1.54) is 0 Å². The number of likely N-dealkylation sites (N-methyl/N-ethyl adjacent to an activating group) is 1. The molecule has 1 heterocycles. The van der Waals surface area contributed by atoms with Gasteiger partial charge in [-0.2, -0.15) is 5.10 Å². The van der Waals surface area contributed by atoms with Crippen LogP contribution in [0.4, 0.5) is 0 Å². The lowest BCUT2D eigenvalue weighted by Crippen LogP contribution is -2.52. The molecule has 2 aliphatic carbocycles. The quantitative estimate of drug-likeness (QED) is 0.868. The third-order valence-corrected chi connectivity index (χ3v) is 4.89. The Morgan fingerprint density at radius 3 is 2.95 bits per heavy atom. The summed E-state index contributed by atoms with van der Waals surface area (Å²) in [6, 6.07) is -0.204. The van der Waals surface area contributed by atoms with Crippen molar-refractivity contribution in [1.29, 1.82) is 0 Å². The number of carbonyl (C=O) groups excluding carboxylic acids is 1. The number of amides is 1. The fraction of sp³-hybridized carbons (Fsp3) is 0.733. The van der Waals surface area contributed by atoms with Gasteiger partial charge in [-0.05, 0) is 38.5 Å². The fourth-order valence-corrected chi connectivity index (χ4v) is 3.61. The summed E-state index contributed by atoms with van der Waals surface area (Å²) < 4.78 is 5.32. The first-order valence-electron chi connectivity index (χ1n) is 7.67. The van der Waals surface area contributed by atoms with E-state index in [0.29, 0.717) is 5.69 Å². The number of nitrogens with one attached hydrogen (secondary N) is 1. The number of aliphatic hydroxyl groups is 1. The van der Waals surface area contributed by atoms with Gasteiger partial charge in [-0.1, -0.05) is 0 Å². The standard InChI is InChI=1S/C15H23N3O3/c1-18(11-7-4-8-12(21-2)14(11)19)15(20)13-9-5-3-6-10(9)16-17-13/h11-12,14,19H,3-8H2,1-2H3,(H,16,17)/t11-,12-,14-/m1/s1. The van der Waals surface area contributed by atoms with Crippen LogP contribution in [0.25, 0.3) is 0 Å². The van der Waals surface area contributed by atoms with Gasteiger partial charge in [-0.3, -0.25) is 9.89 Å². The lowest BCUT2D eigenvalue weighted by Gasteiger charge is -2.38. The lowest BCUT2D eigenvalue weighted by atomic mass is 9.89. The van der Waals surface area contributed by atoms with Gasteiger partial charge >= 0.3 is 0 Å². The van der Waals surface area contributed by atoms with E-state index in [4.69, 9.17) is 4.74 Å². The van der Waals surface area contributed by atoms with Crippen LogP contribution in [-0.4, -0.2) is 58.5 Å². The maximum atomic E-state index is 12.7. The summed E-state index contributed by atoms with van der Waals surface area (Å²) in [5, 5.41) is 17.6. The SMILES string of the molecule is CO[C@@H]1CCC[C@@H](N(C)C(=O)c2n[nH]c3c2CCC3)[C@H]1O. The third-order valence-electron chi connectivity index (χ3n) is 4.89. The second-order valence-corrected chi connectivity index (χ2v) is 6.06. The van der Waals surface area contributed by atoms with Crippen LogP contribution < -0.4 is 0 Å². The number of carbonyl (C=O) groups is 1. The second-order valence-electron chi connectivity index (χ2n) is 6.06. The van der Waals surface area contributed by atoms with E-state index in [9.17, 15) is 9.90 Å². The zero-order valence-corrected chi connectivity index (χ0v) is 12.6. The number of aryl methyl sites for hydroxylation is 1. The van der Waals surface area contributed by atoms with Crippen molar-refractivity contribution in [2.45, 2.75) is 56.8 Å². The Bertz CT molecular complexity index is 528. The normalized spacial score (nSPS) is 28.4. The Balaban J connectivity index is 1.77. The maximum absolute atomic E-state index is 12.7. The molecular weight excluding hydrogens is 270 g/mol. The molecule has 21 heavy (non-hydrogen) atoms. The van der Waals surface area contributed by atoms with Crippen molar-refractivity contribution in [2.75, 3.05) is 14.2 Å². The highest BCUT2D eigenvalue weighted by atomic mass is 16.5. The minimum Gasteiger partial charge on any atom is -0.388 e. The molecule has 2 aliphatic rings. The Hall–Kier alpha value is -1.40. The summed E-state index contributed by atoms with van der Waals surface area (Å²) >= 11 is 0. The molecule has 116 valence electrons. The first-order valence-corrected chi connectivity index (χ1v) is 7.67. The number of nitrogens with zero attached hydrogens (tertiary/aromatic N) is 2. The Labute approximate surface area is 124 Å². The summed E-state index contributed by atoms with van der Waals surface area (Å²) in [4.78, 5) is 14.3. The number of methoxy groups -OCH3 is 1. The van der Waals surface area contributed by atoms with Crippen LogP contribution in [-0.2, 0) is 17.6 Å². The van der Waals surface area contributed by atoms with Gasteiger partial charge < -0.3 is 14.7 Å². The van der Waals surface area contributed by atoms with E-state index in [1.807, 2.05) is 0 Å². The molecule has 1 fully saturated rings. The molecule has 6 nitrogen and oxygen atoms in total. The van der Waals surface area contributed by atoms with E-state index in [-0.39, 0.29) is 18.1 Å². The number of H-pyrrole nitrogens is 1. The predicted molar refractivity (Wildman–Crippen MR) is 77.1 cm³/mol. The van der Waals surface area contributed by atoms with Gasteiger partial charge in [0, 0.05) is 25.4 Å². The van der Waals surface area contributed by atoms with Crippen LogP contribution in [0.3, 0.4) is 0 Å². The molecule has 3 rings (SSSR count). The van der Waals surface area contributed by atoms with E-state index in [0.717, 1.165) is 49.8 Å². The highest BCUT2D eigenvalue weighted by Gasteiger charge is 2.37. The molecule has 0 radical (unpaired) electrons. The fourth-order valence-electron chi connectivity index (χ4n) is 3.61. The van der Waals surface area contributed by atoms with Crippen LogP contribution in [0.2, 0.25) is 0 Å². The number of aliphatic hydroxyl groups excluding tert-OH is 1. The molecule has 0 aromatic carbocycles. The molecule has 1 amide bonds. The Morgan fingerprint density at radius 2 is 2.19 bits per heavy atom. The average Bonchev–Trinajstić information content (AvgIpc) is 3.09. The molecule has 1 saturated carbocycles. The maximum Gasteiger partial charge on any atom is 0.274 e. The van der Waals surface area contributed by atoms with Gasteiger partial charge in [0.1, 0.15) is 6.10 Å². The second kappa shape index (κ2) is 5.77. The van der Waals surface area contributed by atoms with E-state index in [1.54, 1.807) is 19.1 Å². The summed E-state index contributed by atoms with van der Waals surface area (Å²) in [7, 11) is 3.36. The summed E-state index contributed by atoms with van der Waals surface area (Å²) in [5.74, 6) is -0.102. The number of hydrogen-bond donors (Lipinski definition) is 2. The average molecular weight is 293 g/mol. The smallest absolute Gasteiger partial charge is 0.274 e. The number of ether oxygens (including phenoxy) is 1. The van der Waals surface area contributed by atoms with Crippen LogP contribution >= 0.6 is 0 Å². The predicted octanol–water partition coefficient (Wildman–Crippen LogP) is 0.899. The van der Waals surface area contributed by atoms with Gasteiger partial charge in [0.2, 0.25) is 0 Å². The number of aromatic amines is 1. The molecule has 2 N–H and O–H groups in total. The Morgan fingerprint density at radius 1 is 1.38 bits per heavy atom. The zero-order chi connectivity index (χ0) is 15.0. The minimum atomic E-state index is -0.635. The van der Waals surface area contributed by atoms with Crippen molar-refractivity contribution in [3.05, 3.63) is 17.0 Å². The molecule has 0 aliphatic heterocycles. The van der Waals surface area contributed by atoms with Crippen LogP contribution in [0.15, 0.2) is 0 Å². The van der Waals surface area contributed by atoms with Crippen LogP contribution in [0.5, 0.6) is 0 Å². The van der Waals surface area contributed by atoms with E-state index in [2.05, 4.69) is 10.2 Å². The van der Waals surface area contributed by atoms with Crippen LogP contribution in [0.1, 0.15) is 47.4 Å². The summed E-state index contributed by atoms with van der Waals surface area (Å²) in [5.41, 5.74) is 2.67. The van der Waals surface area contributed by atoms with Crippen molar-refractivity contribution in [3.63, 3.8) is 0 Å². The largest absolute Gasteiger partial charge is 0.388 e. The molecule has 0 unspecified atom stereocenters. The molecular formula is C15H23N3O3. The summed E-state index contributed by atoms with van der Waals surface area (Å²) in [6.45, 7) is 0. The third kappa shape index (κ3) is 2.46. The number of hydrogen-bond acceptors (Lipinski definition) is 4. The minimum absolute atomic E-state index is 0.102. The van der Waals surface area contributed by atoms with E-state index >= 15 is 0 Å². The molecule has 3 atom stereocenters. The van der Waals surface area contributed by atoms with Crippen molar-refractivity contribution in [2.24, 2.45) is 0 Å². The zero-order valence-electron chi connectivity index (χ0n) is 12.6. The van der Waals surface area contributed by atoms with Crippen molar-refractivity contribution in [3.8, 4) is 0 Å².